The van der Waals surface area contributed by atoms with E-state index in [1.54, 1.807) is 27.8 Å². The first-order valence-corrected chi connectivity index (χ1v) is 11.2. The van der Waals surface area contributed by atoms with Gasteiger partial charge in [0.05, 0.1) is 0 Å². The zero-order valence-electron chi connectivity index (χ0n) is 20.4. The summed E-state index contributed by atoms with van der Waals surface area (Å²) in [6, 6.07) is 10.0. The van der Waals surface area contributed by atoms with Crippen LogP contribution in [0.25, 0.3) is 22.8 Å². The molecule has 0 nitrogen and oxygen atoms in total. The van der Waals surface area contributed by atoms with Crippen molar-refractivity contribution in [3.05, 3.63) is 93.2 Å². The second kappa shape index (κ2) is 9.84. The minimum absolute atomic E-state index is 0. The van der Waals surface area contributed by atoms with E-state index in [2.05, 4.69) is 72.3 Å². The van der Waals surface area contributed by atoms with Crippen molar-refractivity contribution in [1.82, 2.24) is 0 Å². The number of halogens is 2. The summed E-state index contributed by atoms with van der Waals surface area (Å²) < 4.78 is 0. The molecule has 3 heteroatoms. The van der Waals surface area contributed by atoms with Crippen LogP contribution < -0.4 is 35.3 Å². The number of fused-ring (bicyclic) bond motifs is 7. The van der Waals surface area contributed by atoms with Crippen LogP contribution >= 0.6 is 0 Å². The third kappa shape index (κ3) is 4.58. The molecule has 0 saturated heterocycles. The van der Waals surface area contributed by atoms with E-state index in [0.717, 1.165) is 12.8 Å². The van der Waals surface area contributed by atoms with Crippen molar-refractivity contribution >= 4 is 22.8 Å². The summed E-state index contributed by atoms with van der Waals surface area (Å²) in [7, 11) is 0. The molecule has 0 unspecified atom stereocenters. The number of hydrogen-bond acceptors (Lipinski definition) is 0. The molecule has 0 aliphatic heterocycles. The van der Waals surface area contributed by atoms with Gasteiger partial charge in [0.1, 0.15) is 0 Å². The summed E-state index contributed by atoms with van der Waals surface area (Å²) in [5, 5.41) is 3.00. The third-order valence-corrected chi connectivity index (χ3v) is 7.13. The standard InChI is InChI=1S/C25H27.C5H5.2ClH.Hf/c1-14-7-8-17-20(14)22-18(23-21(17)15(2)12-25(23,5)6)11-16-9-10-24(3,4)13-19(16)22;1-2-4-5-3-1;;;/h7-10,12H,11,13H2,1-6H3;1-5H;2*1H;/q2*-1;;;+4/p-2. The van der Waals surface area contributed by atoms with Gasteiger partial charge in [0, 0.05) is 0 Å². The maximum Gasteiger partial charge on any atom is 4.00 e. The molecule has 0 spiro atoms. The first-order valence-electron chi connectivity index (χ1n) is 11.2. The topological polar surface area (TPSA) is 0 Å². The van der Waals surface area contributed by atoms with Crippen LogP contribution in [0.1, 0.15) is 70.2 Å². The molecule has 2 aromatic carbocycles. The van der Waals surface area contributed by atoms with Gasteiger partial charge in [-0.25, -0.2) is 24.1 Å². The molecule has 33 heavy (non-hydrogen) atoms. The second-order valence-corrected chi connectivity index (χ2v) is 10.6. The molecule has 0 N–H and O–H groups in total. The first-order chi connectivity index (χ1) is 14.2. The predicted molar refractivity (Wildman–Crippen MR) is 130 cm³/mol. The summed E-state index contributed by atoms with van der Waals surface area (Å²) in [5.41, 5.74) is 12.8. The first kappa shape index (κ1) is 28.1. The number of hydrogen-bond donors (Lipinski definition) is 0. The zero-order valence-corrected chi connectivity index (χ0v) is 25.5. The van der Waals surface area contributed by atoms with Crippen molar-refractivity contribution in [2.45, 2.75) is 59.8 Å². The van der Waals surface area contributed by atoms with Crippen molar-refractivity contribution in [1.29, 1.82) is 0 Å². The van der Waals surface area contributed by atoms with Crippen LogP contribution in [0.4, 0.5) is 0 Å². The SMILES string of the molecule is CC1=CC=c2c1c1c(c3c2=C(C)[CH-]C3(C)C)CC2=C1CC(C)(C)C=C2.[Cl-].[Cl-].[Hf+4].c1cc[cH-]c1. The molecule has 4 aliphatic carbocycles. The fourth-order valence-corrected chi connectivity index (χ4v) is 5.99. The van der Waals surface area contributed by atoms with E-state index in [4.69, 9.17) is 0 Å². The molecule has 4 aliphatic rings. The van der Waals surface area contributed by atoms with Crippen molar-refractivity contribution in [3.63, 3.8) is 0 Å². The summed E-state index contributed by atoms with van der Waals surface area (Å²) >= 11 is 0. The summed E-state index contributed by atoms with van der Waals surface area (Å²) in [6.07, 6.45) is 14.3. The van der Waals surface area contributed by atoms with Gasteiger partial charge in [0.15, 0.2) is 0 Å². The van der Waals surface area contributed by atoms with Gasteiger partial charge in [0.2, 0.25) is 0 Å². The third-order valence-electron chi connectivity index (χ3n) is 7.13. The minimum atomic E-state index is 0. The molecule has 0 bridgehead atoms. The average Bonchev–Trinajstić information content (AvgIpc) is 3.42. The zero-order chi connectivity index (χ0) is 21.3. The van der Waals surface area contributed by atoms with E-state index in [1.165, 1.54) is 27.1 Å². The Morgan fingerprint density at radius 1 is 0.909 bits per heavy atom. The van der Waals surface area contributed by atoms with E-state index in [-0.39, 0.29) is 61.5 Å². The number of benzene rings is 1. The monoisotopic (exact) mass is 642 g/mol. The molecule has 0 atom stereocenters. The van der Waals surface area contributed by atoms with Gasteiger partial charge in [-0.2, -0.15) is 23.4 Å². The molecule has 0 fully saturated rings. The molecule has 2 aromatic rings. The van der Waals surface area contributed by atoms with Crippen LogP contribution in [-0.2, 0) is 37.7 Å². The molecular formula is C30H32Cl2Hf. The predicted octanol–water partition coefficient (Wildman–Crippen LogP) is 0.257. The van der Waals surface area contributed by atoms with E-state index in [1.807, 2.05) is 30.3 Å². The largest absolute Gasteiger partial charge is 4.00 e. The Hall–Kier alpha value is -1.15. The van der Waals surface area contributed by atoms with E-state index >= 15 is 0 Å². The average molecular weight is 642 g/mol. The molecule has 0 heterocycles. The van der Waals surface area contributed by atoms with Crippen LogP contribution in [0, 0.1) is 11.8 Å². The number of allylic oxidation sites excluding steroid dienone is 6. The molecule has 0 aromatic heterocycles. The van der Waals surface area contributed by atoms with Gasteiger partial charge in [-0.3, -0.25) is 0 Å². The Labute approximate surface area is 230 Å². The van der Waals surface area contributed by atoms with E-state index in [9.17, 15) is 0 Å². The second-order valence-electron chi connectivity index (χ2n) is 10.6. The van der Waals surface area contributed by atoms with Crippen LogP contribution in [0.5, 0.6) is 0 Å². The normalized spacial score (nSPS) is 19.1. The van der Waals surface area contributed by atoms with Gasteiger partial charge >= 0.3 is 25.8 Å². The van der Waals surface area contributed by atoms with Gasteiger partial charge in [-0.05, 0) is 53.0 Å². The Morgan fingerprint density at radius 3 is 2.18 bits per heavy atom. The molecular weight excluding hydrogens is 610 g/mol. The minimum Gasteiger partial charge on any atom is -1.00 e. The van der Waals surface area contributed by atoms with Crippen molar-refractivity contribution in [3.8, 4) is 0 Å². The smallest absolute Gasteiger partial charge is 1.00 e. The van der Waals surface area contributed by atoms with Crippen LogP contribution in [0.2, 0.25) is 0 Å². The maximum atomic E-state index is 2.48. The van der Waals surface area contributed by atoms with Gasteiger partial charge in [-0.1, -0.05) is 75.1 Å². The van der Waals surface area contributed by atoms with Crippen LogP contribution in [-0.4, -0.2) is 0 Å². The van der Waals surface area contributed by atoms with Gasteiger partial charge in [0.25, 0.3) is 0 Å². The fourth-order valence-electron chi connectivity index (χ4n) is 5.99. The van der Waals surface area contributed by atoms with Crippen molar-refractivity contribution < 1.29 is 50.7 Å². The summed E-state index contributed by atoms with van der Waals surface area (Å²) in [4.78, 5) is 0. The van der Waals surface area contributed by atoms with Crippen molar-refractivity contribution in [2.75, 3.05) is 0 Å². The van der Waals surface area contributed by atoms with Crippen LogP contribution in [0.3, 0.4) is 0 Å². The molecule has 0 radical (unpaired) electrons. The number of rotatable bonds is 0. The van der Waals surface area contributed by atoms with Gasteiger partial charge in [-0.15, -0.1) is 5.56 Å². The quantitative estimate of drug-likeness (QED) is 0.286. The van der Waals surface area contributed by atoms with Crippen molar-refractivity contribution in [2.24, 2.45) is 5.41 Å². The maximum absolute atomic E-state index is 2.48. The van der Waals surface area contributed by atoms with Gasteiger partial charge < -0.3 is 24.8 Å². The summed E-state index contributed by atoms with van der Waals surface area (Å²) in [6.45, 7) is 14.1. The molecule has 0 saturated carbocycles. The van der Waals surface area contributed by atoms with Crippen LogP contribution in [0.15, 0.2) is 54.1 Å². The van der Waals surface area contributed by atoms with E-state index < -0.39 is 0 Å². The Kier molecular flexibility index (Phi) is 8.38. The Balaban J connectivity index is 0.000000431. The summed E-state index contributed by atoms with van der Waals surface area (Å²) in [5.74, 6) is 0. The molecule has 170 valence electrons. The fraction of sp³-hybridized carbons (Fsp3) is 0.333. The molecule has 0 amide bonds. The Morgan fingerprint density at radius 2 is 1.58 bits per heavy atom. The van der Waals surface area contributed by atoms with E-state index in [0.29, 0.717) is 0 Å². The molecule has 6 rings (SSSR count). The Bertz CT molecular complexity index is 1250.